The fraction of sp³-hybridized carbons (Fsp3) is 0.296. The second kappa shape index (κ2) is 12.2. The number of carbonyl (C=O) groups excluding carboxylic acids is 2. The summed E-state index contributed by atoms with van der Waals surface area (Å²) >= 11 is 1.60. The molecule has 0 radical (unpaired) electrons. The van der Waals surface area contributed by atoms with E-state index in [-0.39, 0.29) is 11.9 Å². The van der Waals surface area contributed by atoms with Crippen LogP contribution in [0.4, 0.5) is 16.2 Å². The maximum absolute atomic E-state index is 12.5. The van der Waals surface area contributed by atoms with Crippen LogP contribution in [-0.4, -0.2) is 34.9 Å². The molecule has 0 atom stereocenters. The lowest BCUT2D eigenvalue weighted by atomic mass is 10.2. The Hall–Kier alpha value is -3.65. The standard InChI is InChI=1S/C27H30N4O3S/c1-20-28-24(19-35-20)18-34-25-13-6-21(7-14-25)8-15-26(32)29-22-9-11-23(12-10-22)30-27(33)31-16-4-2-3-5-17-31/h6-15,19H,2-5,16-18H2,1H3,(H,29,32)(H,30,33)/b15-8+. The second-order valence-electron chi connectivity index (χ2n) is 8.45. The number of nitrogens with one attached hydrogen (secondary N) is 2. The lowest BCUT2D eigenvalue weighted by Gasteiger charge is -2.20. The van der Waals surface area contributed by atoms with Crippen molar-refractivity contribution in [3.05, 3.63) is 76.3 Å². The molecular formula is C27H30N4O3S. The molecule has 0 aliphatic carbocycles. The van der Waals surface area contributed by atoms with Crippen LogP contribution in [0.1, 0.15) is 41.9 Å². The Morgan fingerprint density at radius 1 is 0.971 bits per heavy atom. The summed E-state index contributed by atoms with van der Waals surface area (Å²) in [7, 11) is 0. The van der Waals surface area contributed by atoms with E-state index in [0.717, 1.165) is 47.9 Å². The predicted molar refractivity (Wildman–Crippen MR) is 141 cm³/mol. The van der Waals surface area contributed by atoms with Crippen molar-refractivity contribution in [2.45, 2.75) is 39.2 Å². The summed E-state index contributed by atoms with van der Waals surface area (Å²) in [4.78, 5) is 31.0. The van der Waals surface area contributed by atoms with Gasteiger partial charge in [-0.25, -0.2) is 9.78 Å². The average molecular weight is 491 g/mol. The van der Waals surface area contributed by atoms with Gasteiger partial charge in [0.1, 0.15) is 12.4 Å². The Labute approximate surface area is 209 Å². The minimum absolute atomic E-state index is 0.0683. The van der Waals surface area contributed by atoms with Gasteiger partial charge in [-0.15, -0.1) is 11.3 Å². The number of urea groups is 1. The molecule has 2 aromatic carbocycles. The number of aromatic nitrogens is 1. The van der Waals surface area contributed by atoms with Gasteiger partial charge in [-0.05, 0) is 67.8 Å². The molecule has 0 unspecified atom stereocenters. The van der Waals surface area contributed by atoms with Crippen LogP contribution in [0.25, 0.3) is 6.08 Å². The van der Waals surface area contributed by atoms with Gasteiger partial charge in [-0.3, -0.25) is 4.79 Å². The highest BCUT2D eigenvalue weighted by atomic mass is 32.1. The van der Waals surface area contributed by atoms with E-state index in [1.807, 2.05) is 41.5 Å². The second-order valence-corrected chi connectivity index (χ2v) is 9.51. The van der Waals surface area contributed by atoms with Gasteiger partial charge in [-0.2, -0.15) is 0 Å². The zero-order valence-electron chi connectivity index (χ0n) is 19.8. The highest BCUT2D eigenvalue weighted by molar-refractivity contribution is 7.09. The number of thiazole rings is 1. The van der Waals surface area contributed by atoms with Crippen molar-refractivity contribution >= 4 is 40.7 Å². The van der Waals surface area contributed by atoms with Crippen LogP contribution >= 0.6 is 11.3 Å². The van der Waals surface area contributed by atoms with Crippen LogP contribution in [0.15, 0.2) is 60.0 Å². The van der Waals surface area contributed by atoms with E-state index in [4.69, 9.17) is 4.74 Å². The molecule has 35 heavy (non-hydrogen) atoms. The Bertz CT molecular complexity index is 1150. The van der Waals surface area contributed by atoms with Gasteiger partial charge in [0.25, 0.3) is 0 Å². The van der Waals surface area contributed by atoms with E-state index in [9.17, 15) is 9.59 Å². The number of amides is 3. The molecule has 1 fully saturated rings. The van der Waals surface area contributed by atoms with E-state index in [1.54, 1.807) is 41.7 Å². The van der Waals surface area contributed by atoms with Gasteiger partial charge >= 0.3 is 6.03 Å². The SMILES string of the molecule is Cc1nc(COc2ccc(/C=C/C(=O)Nc3ccc(NC(=O)N4CCCCCC4)cc3)cc2)cs1. The number of carbonyl (C=O) groups is 2. The molecular weight excluding hydrogens is 460 g/mol. The van der Waals surface area contributed by atoms with E-state index < -0.39 is 0 Å². The lowest BCUT2D eigenvalue weighted by molar-refractivity contribution is -0.111. The van der Waals surface area contributed by atoms with Crippen LogP contribution in [0.2, 0.25) is 0 Å². The number of hydrogen-bond donors (Lipinski definition) is 2. The summed E-state index contributed by atoms with van der Waals surface area (Å²) in [5.41, 5.74) is 3.18. The highest BCUT2D eigenvalue weighted by Crippen LogP contribution is 2.18. The Balaban J connectivity index is 1.23. The summed E-state index contributed by atoms with van der Waals surface area (Å²) in [5, 5.41) is 8.79. The van der Waals surface area contributed by atoms with Crippen molar-refractivity contribution in [2.75, 3.05) is 23.7 Å². The van der Waals surface area contributed by atoms with E-state index >= 15 is 0 Å². The van der Waals surface area contributed by atoms with E-state index in [0.29, 0.717) is 18.0 Å². The molecule has 1 saturated heterocycles. The molecule has 0 saturated carbocycles. The number of likely N-dealkylation sites (tertiary alicyclic amines) is 1. The van der Waals surface area contributed by atoms with Gasteiger partial charge in [0, 0.05) is 35.9 Å². The maximum Gasteiger partial charge on any atom is 0.321 e. The first-order valence-electron chi connectivity index (χ1n) is 11.8. The van der Waals surface area contributed by atoms with Crippen molar-refractivity contribution in [2.24, 2.45) is 0 Å². The van der Waals surface area contributed by atoms with Crippen LogP contribution in [0, 0.1) is 6.92 Å². The Kier molecular flexibility index (Phi) is 8.51. The normalized spacial score (nSPS) is 13.9. The molecule has 182 valence electrons. The number of hydrogen-bond acceptors (Lipinski definition) is 5. The smallest absolute Gasteiger partial charge is 0.321 e. The monoisotopic (exact) mass is 490 g/mol. The van der Waals surface area contributed by atoms with Crippen LogP contribution < -0.4 is 15.4 Å². The van der Waals surface area contributed by atoms with Crippen molar-refractivity contribution in [3.63, 3.8) is 0 Å². The molecule has 1 aliphatic rings. The predicted octanol–water partition coefficient (Wildman–Crippen LogP) is 6.09. The summed E-state index contributed by atoms with van der Waals surface area (Å²) in [6.45, 7) is 4.00. The first-order valence-corrected chi connectivity index (χ1v) is 12.7. The third kappa shape index (κ3) is 7.68. The average Bonchev–Trinajstić information content (AvgIpc) is 3.10. The van der Waals surface area contributed by atoms with Crippen molar-refractivity contribution in [3.8, 4) is 5.75 Å². The Morgan fingerprint density at radius 2 is 1.63 bits per heavy atom. The first-order chi connectivity index (χ1) is 17.0. The molecule has 8 heteroatoms. The van der Waals surface area contributed by atoms with E-state index in [1.165, 1.54) is 18.9 Å². The summed E-state index contributed by atoms with van der Waals surface area (Å²) < 4.78 is 5.75. The molecule has 1 aliphatic heterocycles. The first kappa shape index (κ1) is 24.5. The number of rotatable bonds is 7. The fourth-order valence-electron chi connectivity index (χ4n) is 3.78. The van der Waals surface area contributed by atoms with Crippen LogP contribution in [0.5, 0.6) is 5.75 Å². The van der Waals surface area contributed by atoms with Crippen LogP contribution in [-0.2, 0) is 11.4 Å². The highest BCUT2D eigenvalue weighted by Gasteiger charge is 2.15. The number of ether oxygens (including phenoxy) is 1. The quantitative estimate of drug-likeness (QED) is 0.393. The zero-order chi connectivity index (χ0) is 24.5. The largest absolute Gasteiger partial charge is 0.487 e. The number of aryl methyl sites for hydroxylation is 1. The molecule has 4 rings (SSSR count). The summed E-state index contributed by atoms with van der Waals surface area (Å²) in [5.74, 6) is 0.519. The van der Waals surface area contributed by atoms with Crippen molar-refractivity contribution in [1.82, 2.24) is 9.88 Å². The number of anilines is 2. The maximum atomic E-state index is 12.5. The van der Waals surface area contributed by atoms with Crippen molar-refractivity contribution in [1.29, 1.82) is 0 Å². The van der Waals surface area contributed by atoms with Gasteiger partial charge in [0.05, 0.1) is 10.7 Å². The molecule has 3 aromatic rings. The molecule has 1 aromatic heterocycles. The van der Waals surface area contributed by atoms with Gasteiger partial charge in [0.2, 0.25) is 5.91 Å². The van der Waals surface area contributed by atoms with Gasteiger partial charge < -0.3 is 20.3 Å². The van der Waals surface area contributed by atoms with Gasteiger partial charge in [0.15, 0.2) is 0 Å². The minimum Gasteiger partial charge on any atom is -0.487 e. The Morgan fingerprint density at radius 3 is 2.26 bits per heavy atom. The third-order valence-electron chi connectivity index (χ3n) is 5.66. The topological polar surface area (TPSA) is 83.6 Å². The summed E-state index contributed by atoms with van der Waals surface area (Å²) in [6, 6.07) is 14.6. The fourth-order valence-corrected chi connectivity index (χ4v) is 4.37. The molecule has 0 bridgehead atoms. The molecule has 7 nitrogen and oxygen atoms in total. The third-order valence-corrected chi connectivity index (χ3v) is 6.48. The van der Waals surface area contributed by atoms with E-state index in [2.05, 4.69) is 15.6 Å². The molecule has 2 N–H and O–H groups in total. The minimum atomic E-state index is -0.231. The van der Waals surface area contributed by atoms with Gasteiger partial charge in [-0.1, -0.05) is 25.0 Å². The lowest BCUT2D eigenvalue weighted by Crippen LogP contribution is -2.35. The molecule has 0 spiro atoms. The molecule has 3 amide bonds. The number of nitrogens with zero attached hydrogens (tertiary/aromatic N) is 2. The molecule has 2 heterocycles. The van der Waals surface area contributed by atoms with Crippen LogP contribution in [0.3, 0.4) is 0 Å². The van der Waals surface area contributed by atoms with Crippen molar-refractivity contribution < 1.29 is 14.3 Å². The number of benzene rings is 2. The summed E-state index contributed by atoms with van der Waals surface area (Å²) in [6.07, 6.45) is 7.70. The zero-order valence-corrected chi connectivity index (χ0v) is 20.6.